The van der Waals surface area contributed by atoms with Crippen LogP contribution in [-0.2, 0) is 0 Å². The summed E-state index contributed by atoms with van der Waals surface area (Å²) in [6.45, 7) is 3.00. The van der Waals surface area contributed by atoms with Gasteiger partial charge in [-0.25, -0.2) is 0 Å². The van der Waals surface area contributed by atoms with Gasteiger partial charge in [-0.1, -0.05) is 0 Å². The van der Waals surface area contributed by atoms with Gasteiger partial charge in [0.25, 0.3) is 0 Å². The number of nitro benzene ring substituents is 1. The topological polar surface area (TPSA) is 96.4 Å². The van der Waals surface area contributed by atoms with E-state index in [1.807, 2.05) is 28.7 Å². The Morgan fingerprint density at radius 1 is 1.61 bits per heavy atom. The summed E-state index contributed by atoms with van der Waals surface area (Å²) in [6.07, 6.45) is 0. The molecule has 0 aromatic heterocycles. The lowest BCUT2D eigenvalue weighted by Crippen LogP contribution is -2.28. The Morgan fingerprint density at radius 2 is 2.22 bits per heavy atom. The van der Waals surface area contributed by atoms with Gasteiger partial charge >= 0.3 is 5.69 Å². The minimum absolute atomic E-state index is 0.0710. The highest BCUT2D eigenvalue weighted by Crippen LogP contribution is 2.34. The third kappa shape index (κ3) is 3.82. The van der Waals surface area contributed by atoms with Gasteiger partial charge in [-0.3, -0.25) is 10.1 Å². The Hall–Kier alpha value is -1.40. The predicted molar refractivity (Wildman–Crippen MR) is 72.3 cm³/mol. The molecule has 0 amide bonds. The molecule has 0 fully saturated rings. The molecule has 0 heterocycles. The van der Waals surface area contributed by atoms with Crippen LogP contribution in [0.4, 0.5) is 5.69 Å². The number of nitriles is 1. The van der Waals surface area contributed by atoms with Gasteiger partial charge in [-0.15, -0.1) is 0 Å². The molecule has 1 rings (SSSR count). The van der Waals surface area contributed by atoms with E-state index in [1.54, 1.807) is 0 Å². The Morgan fingerprint density at radius 3 is 2.67 bits per heavy atom. The van der Waals surface area contributed by atoms with Crippen molar-refractivity contribution in [2.45, 2.75) is 19.4 Å². The molecule has 0 bridgehead atoms. The highest BCUT2D eigenvalue weighted by Gasteiger charge is 2.23. The highest BCUT2D eigenvalue weighted by atomic mass is 127. The zero-order chi connectivity index (χ0) is 13.9. The summed E-state index contributed by atoms with van der Waals surface area (Å²) in [5, 5.41) is 29.2. The molecule has 0 radical (unpaired) electrons. The van der Waals surface area contributed by atoms with Crippen LogP contribution in [-0.4, -0.2) is 22.2 Å². The van der Waals surface area contributed by atoms with Crippen LogP contribution in [0.5, 0.6) is 5.75 Å². The van der Waals surface area contributed by atoms with Crippen LogP contribution in [0.25, 0.3) is 0 Å². The van der Waals surface area contributed by atoms with Crippen LogP contribution < -0.4 is 4.74 Å². The molecular formula is C11H11IN2O4. The van der Waals surface area contributed by atoms with E-state index >= 15 is 0 Å². The van der Waals surface area contributed by atoms with Gasteiger partial charge in [0.1, 0.15) is 6.61 Å². The van der Waals surface area contributed by atoms with Crippen molar-refractivity contribution < 1.29 is 14.8 Å². The summed E-state index contributed by atoms with van der Waals surface area (Å²) >= 11 is 1.86. The summed E-state index contributed by atoms with van der Waals surface area (Å²) < 4.78 is 5.75. The number of nitro groups is 1. The second-order valence-corrected chi connectivity index (χ2v) is 5.44. The Balaban J connectivity index is 3.18. The lowest BCUT2D eigenvalue weighted by atomic mass is 10.1. The number of halogens is 1. The molecule has 6 nitrogen and oxygen atoms in total. The van der Waals surface area contributed by atoms with Crippen molar-refractivity contribution in [1.29, 1.82) is 5.26 Å². The van der Waals surface area contributed by atoms with Crippen molar-refractivity contribution in [2.24, 2.45) is 0 Å². The number of ether oxygens (including phenoxy) is 1. The van der Waals surface area contributed by atoms with E-state index in [1.165, 1.54) is 19.9 Å². The molecule has 0 atom stereocenters. The van der Waals surface area contributed by atoms with E-state index in [9.17, 15) is 15.2 Å². The number of nitrogens with zero attached hydrogens (tertiary/aromatic N) is 2. The molecule has 7 heteroatoms. The van der Waals surface area contributed by atoms with Gasteiger partial charge in [-0.05, 0) is 42.5 Å². The van der Waals surface area contributed by atoms with Gasteiger partial charge in [0, 0.05) is 6.07 Å². The SMILES string of the molecule is CC(C)(O)COc1c(I)cc(C#N)cc1[N+](=O)[O-]. The first-order valence-electron chi connectivity index (χ1n) is 4.98. The molecule has 0 unspecified atom stereocenters. The van der Waals surface area contributed by atoms with E-state index in [4.69, 9.17) is 10.00 Å². The van der Waals surface area contributed by atoms with Crippen LogP contribution in [0, 0.1) is 25.0 Å². The summed E-state index contributed by atoms with van der Waals surface area (Å²) in [6, 6.07) is 4.50. The van der Waals surface area contributed by atoms with Gasteiger partial charge in [0.2, 0.25) is 5.75 Å². The zero-order valence-corrected chi connectivity index (χ0v) is 12.0. The molecule has 0 aliphatic rings. The van der Waals surface area contributed by atoms with Crippen LogP contribution in [0.1, 0.15) is 19.4 Å². The quantitative estimate of drug-likeness (QED) is 0.503. The number of benzene rings is 1. The fourth-order valence-electron chi connectivity index (χ4n) is 1.17. The van der Waals surface area contributed by atoms with Crippen LogP contribution >= 0.6 is 22.6 Å². The zero-order valence-electron chi connectivity index (χ0n) is 9.81. The summed E-state index contributed by atoms with van der Waals surface area (Å²) in [4.78, 5) is 10.3. The van der Waals surface area contributed by atoms with Crippen molar-refractivity contribution in [3.63, 3.8) is 0 Å². The average Bonchev–Trinajstić information content (AvgIpc) is 2.24. The molecule has 0 aliphatic heterocycles. The lowest BCUT2D eigenvalue weighted by molar-refractivity contribution is -0.386. The van der Waals surface area contributed by atoms with E-state index in [0.717, 1.165) is 6.07 Å². The molecule has 1 aromatic rings. The largest absolute Gasteiger partial charge is 0.483 e. The van der Waals surface area contributed by atoms with E-state index in [2.05, 4.69) is 0 Å². The molecule has 0 spiro atoms. The van der Waals surface area contributed by atoms with E-state index in [-0.39, 0.29) is 23.6 Å². The molecule has 0 saturated heterocycles. The number of hydrogen-bond acceptors (Lipinski definition) is 5. The maximum absolute atomic E-state index is 10.9. The van der Waals surface area contributed by atoms with Gasteiger partial charge in [0.15, 0.2) is 0 Å². The molecule has 18 heavy (non-hydrogen) atoms. The van der Waals surface area contributed by atoms with Crippen molar-refractivity contribution in [1.82, 2.24) is 0 Å². The van der Waals surface area contributed by atoms with Gasteiger partial charge in [-0.2, -0.15) is 5.26 Å². The third-order valence-electron chi connectivity index (χ3n) is 1.92. The number of aliphatic hydroxyl groups is 1. The van der Waals surface area contributed by atoms with E-state index in [0.29, 0.717) is 3.57 Å². The van der Waals surface area contributed by atoms with Crippen molar-refractivity contribution >= 4 is 28.3 Å². The first kappa shape index (κ1) is 14.7. The first-order chi connectivity index (χ1) is 8.24. The normalized spacial score (nSPS) is 10.8. The summed E-state index contributed by atoms with van der Waals surface area (Å²) in [5.41, 5.74) is -1.17. The van der Waals surface area contributed by atoms with Crippen molar-refractivity contribution in [3.8, 4) is 11.8 Å². The van der Waals surface area contributed by atoms with Crippen LogP contribution in [0.3, 0.4) is 0 Å². The monoisotopic (exact) mass is 362 g/mol. The molecule has 1 aromatic carbocycles. The van der Waals surface area contributed by atoms with E-state index < -0.39 is 10.5 Å². The Bertz CT molecular complexity index is 517. The fourth-order valence-corrected chi connectivity index (χ4v) is 1.94. The standard InChI is InChI=1S/C11H11IN2O4/c1-11(2,15)6-18-10-8(12)3-7(5-13)4-9(10)14(16)17/h3-4,15H,6H2,1-2H3. The minimum Gasteiger partial charge on any atom is -0.483 e. The molecule has 0 aliphatic carbocycles. The minimum atomic E-state index is -1.09. The summed E-state index contributed by atoms with van der Waals surface area (Å²) in [7, 11) is 0. The first-order valence-corrected chi connectivity index (χ1v) is 6.05. The highest BCUT2D eigenvalue weighted by molar-refractivity contribution is 14.1. The third-order valence-corrected chi connectivity index (χ3v) is 2.72. The van der Waals surface area contributed by atoms with Gasteiger partial charge < -0.3 is 9.84 Å². The molecule has 0 saturated carbocycles. The second kappa shape index (κ2) is 5.49. The molecular weight excluding hydrogens is 351 g/mol. The smallest absolute Gasteiger partial charge is 0.313 e. The number of rotatable bonds is 4. The van der Waals surface area contributed by atoms with Gasteiger partial charge in [0.05, 0.1) is 25.7 Å². The maximum Gasteiger partial charge on any atom is 0.313 e. The summed E-state index contributed by atoms with van der Waals surface area (Å²) in [5.74, 6) is 0.0710. The Kier molecular flexibility index (Phi) is 4.48. The molecule has 96 valence electrons. The second-order valence-electron chi connectivity index (χ2n) is 4.28. The Labute approximate surface area is 117 Å². The van der Waals surface area contributed by atoms with Crippen molar-refractivity contribution in [3.05, 3.63) is 31.4 Å². The fraction of sp³-hybridized carbons (Fsp3) is 0.364. The van der Waals surface area contributed by atoms with Crippen molar-refractivity contribution in [2.75, 3.05) is 6.61 Å². The molecule has 1 N–H and O–H groups in total. The average molecular weight is 362 g/mol. The van der Waals surface area contributed by atoms with Crippen LogP contribution in [0.2, 0.25) is 0 Å². The van der Waals surface area contributed by atoms with Crippen LogP contribution in [0.15, 0.2) is 12.1 Å². The number of hydrogen-bond donors (Lipinski definition) is 1. The predicted octanol–water partition coefficient (Wildman–Crippen LogP) is 2.22. The maximum atomic E-state index is 10.9. The lowest BCUT2D eigenvalue weighted by Gasteiger charge is -2.18.